The van der Waals surface area contributed by atoms with Crippen molar-refractivity contribution in [2.24, 2.45) is 0 Å². The molecule has 3 N–H and O–H groups in total. The van der Waals surface area contributed by atoms with Crippen LogP contribution < -0.4 is 15.0 Å². The summed E-state index contributed by atoms with van der Waals surface area (Å²) < 4.78 is 37.7. The van der Waals surface area contributed by atoms with Crippen LogP contribution in [-0.2, 0) is 11.2 Å². The number of piperidine rings is 1. The van der Waals surface area contributed by atoms with Crippen LogP contribution in [0.4, 0.5) is 14.6 Å². The van der Waals surface area contributed by atoms with E-state index in [0.29, 0.717) is 89.9 Å². The molecule has 0 unspecified atom stereocenters. The van der Waals surface area contributed by atoms with Gasteiger partial charge in [0.25, 0.3) is 0 Å². The Morgan fingerprint density at radius 3 is 2.89 bits per heavy atom. The Labute approximate surface area is 268 Å². The van der Waals surface area contributed by atoms with Gasteiger partial charge in [-0.05, 0) is 56.7 Å². The van der Waals surface area contributed by atoms with Crippen LogP contribution >= 0.6 is 11.6 Å². The first-order valence-electron chi connectivity index (χ1n) is 16.0. The molecule has 3 saturated heterocycles. The number of aromatic amines is 1. The summed E-state index contributed by atoms with van der Waals surface area (Å²) in [4.78, 5) is 30.9. The van der Waals surface area contributed by atoms with E-state index in [4.69, 9.17) is 21.3 Å². The van der Waals surface area contributed by atoms with Gasteiger partial charge in [-0.25, -0.2) is 8.78 Å². The van der Waals surface area contributed by atoms with Crippen molar-refractivity contribution in [3.8, 4) is 17.3 Å². The second-order valence-corrected chi connectivity index (χ2v) is 13.6. The third-order valence-corrected chi connectivity index (χ3v) is 10.4. The number of hydrogen-bond donors (Lipinski definition) is 3. The minimum atomic E-state index is -0.927. The molecule has 242 valence electrons. The smallest absolute Gasteiger partial charge is 0.319 e. The summed E-state index contributed by atoms with van der Waals surface area (Å²) in [7, 11) is 0. The highest BCUT2D eigenvalue weighted by molar-refractivity contribution is 6.33. The first-order valence-corrected chi connectivity index (χ1v) is 16.4. The molecule has 4 atom stereocenters. The van der Waals surface area contributed by atoms with Crippen molar-refractivity contribution in [2.45, 2.75) is 75.2 Å². The van der Waals surface area contributed by atoms with Gasteiger partial charge in [0.15, 0.2) is 5.82 Å². The number of H-pyrrole nitrogens is 1. The second kappa shape index (κ2) is 11.5. The molecule has 5 aliphatic heterocycles. The van der Waals surface area contributed by atoms with Crippen LogP contribution in [0.5, 0.6) is 6.01 Å². The normalized spacial score (nSPS) is 27.0. The first kappa shape index (κ1) is 29.7. The zero-order chi connectivity index (χ0) is 31.6. The van der Waals surface area contributed by atoms with Gasteiger partial charge in [-0.1, -0.05) is 11.6 Å². The van der Waals surface area contributed by atoms with Crippen molar-refractivity contribution in [3.05, 3.63) is 34.9 Å². The predicted molar refractivity (Wildman–Crippen MR) is 168 cm³/mol. The quantitative estimate of drug-likeness (QED) is 0.299. The average Bonchev–Trinajstić information content (AvgIpc) is 3.72. The number of carbonyl (C=O) groups excluding carboxylic acids is 1. The van der Waals surface area contributed by atoms with Gasteiger partial charge in [0.05, 0.1) is 28.7 Å². The number of alkyl halides is 1. The maximum atomic E-state index is 17.0. The van der Waals surface area contributed by atoms with Crippen molar-refractivity contribution in [1.82, 2.24) is 35.4 Å². The fourth-order valence-corrected chi connectivity index (χ4v) is 8.30. The van der Waals surface area contributed by atoms with E-state index in [-0.39, 0.29) is 42.3 Å². The van der Waals surface area contributed by atoms with Crippen molar-refractivity contribution < 1.29 is 23.4 Å². The molecule has 4 aromatic rings. The fourth-order valence-electron chi connectivity index (χ4n) is 8.00. The van der Waals surface area contributed by atoms with E-state index < -0.39 is 23.6 Å². The van der Waals surface area contributed by atoms with E-state index in [9.17, 15) is 14.3 Å². The van der Waals surface area contributed by atoms with E-state index in [1.807, 2.05) is 4.90 Å². The molecule has 0 aliphatic carbocycles. The lowest BCUT2D eigenvalue weighted by molar-refractivity contribution is -0.122. The molecule has 0 radical (unpaired) electrons. The van der Waals surface area contributed by atoms with Crippen LogP contribution in [0.15, 0.2) is 18.5 Å². The molecule has 0 saturated carbocycles. The number of halogens is 3. The van der Waals surface area contributed by atoms with Crippen molar-refractivity contribution in [1.29, 1.82) is 0 Å². The number of fused-ring (bicyclic) bond motifs is 8. The topological polar surface area (TPSA) is 132 Å². The minimum Gasteiger partial charge on any atom is -0.461 e. The highest BCUT2D eigenvalue weighted by Gasteiger charge is 2.49. The van der Waals surface area contributed by atoms with Crippen LogP contribution in [0.1, 0.15) is 50.5 Å². The molecule has 8 heterocycles. The van der Waals surface area contributed by atoms with Gasteiger partial charge in [0.2, 0.25) is 5.91 Å². The lowest BCUT2D eigenvalue weighted by Gasteiger charge is -2.37. The number of aliphatic hydroxyl groups is 1. The molecule has 11 nitrogen and oxygen atoms in total. The van der Waals surface area contributed by atoms with Gasteiger partial charge < -0.3 is 20.1 Å². The van der Waals surface area contributed by atoms with Gasteiger partial charge in [-0.15, -0.1) is 0 Å². The Bertz CT molecular complexity index is 1840. The SMILES string of the molecule is O=C1CCCCc2c(Cl)cc3[nH]ncc3c2-c2ncc3c(nc(OC[C@@]45CCCN4C[C@H](F)C5)nc3c2F)N2C[C@@H](O)C[C@H](C2)N1. The highest BCUT2D eigenvalue weighted by atomic mass is 35.5. The Balaban J connectivity index is 1.30. The number of anilines is 1. The number of amides is 1. The molecule has 6 bridgehead atoms. The standard InChI is InChI=1S/C32H35ClF2N8O3/c33-23-9-24-21(12-37-41-24)26-20(23)4-1-2-5-25(45)38-18-8-19(44)15-42(14-18)30-22-11-36-29(26)27(35)28(22)39-31(40-30)46-16-32-6-3-7-43(32)13-17(34)10-32/h9,11-12,17-19,44H,1-8,10,13-16H2,(H,37,41)(H,38,45)/t17-,18-,19+,32+/m1/s1. The third kappa shape index (κ3) is 5.12. The first-order chi connectivity index (χ1) is 22.3. The number of benzene rings is 1. The van der Waals surface area contributed by atoms with Crippen molar-refractivity contribution in [3.63, 3.8) is 0 Å². The van der Waals surface area contributed by atoms with Gasteiger partial charge in [-0.2, -0.15) is 15.1 Å². The van der Waals surface area contributed by atoms with E-state index in [0.717, 1.165) is 19.4 Å². The molecule has 5 aliphatic rings. The molecule has 46 heavy (non-hydrogen) atoms. The summed E-state index contributed by atoms with van der Waals surface area (Å²) in [6.45, 7) is 1.93. The molecule has 0 spiro atoms. The zero-order valence-corrected chi connectivity index (χ0v) is 26.0. The van der Waals surface area contributed by atoms with Crippen LogP contribution in [0.3, 0.4) is 0 Å². The molecule has 1 aromatic carbocycles. The molecule has 14 heteroatoms. The number of carbonyl (C=O) groups is 1. The summed E-state index contributed by atoms with van der Waals surface area (Å²) in [5.41, 5.74) is 1.51. The largest absolute Gasteiger partial charge is 0.461 e. The summed E-state index contributed by atoms with van der Waals surface area (Å²) in [6.07, 6.45) is 6.05. The molecular weight excluding hydrogens is 618 g/mol. The number of nitrogens with one attached hydrogen (secondary N) is 2. The maximum Gasteiger partial charge on any atom is 0.319 e. The lowest BCUT2D eigenvalue weighted by Crippen LogP contribution is -2.53. The van der Waals surface area contributed by atoms with Crippen molar-refractivity contribution in [2.75, 3.05) is 37.7 Å². The Hall–Kier alpha value is -3.68. The predicted octanol–water partition coefficient (Wildman–Crippen LogP) is 4.10. The second-order valence-electron chi connectivity index (χ2n) is 13.2. The molecule has 1 amide bonds. The average molecular weight is 653 g/mol. The van der Waals surface area contributed by atoms with E-state index in [2.05, 4.69) is 30.4 Å². The summed E-state index contributed by atoms with van der Waals surface area (Å²) >= 11 is 6.79. The third-order valence-electron chi connectivity index (χ3n) is 10.1. The Kier molecular flexibility index (Phi) is 7.45. The number of rotatable bonds is 3. The van der Waals surface area contributed by atoms with Gasteiger partial charge in [0.1, 0.15) is 29.8 Å². The Morgan fingerprint density at radius 2 is 2.00 bits per heavy atom. The van der Waals surface area contributed by atoms with E-state index in [1.165, 1.54) is 0 Å². The van der Waals surface area contributed by atoms with E-state index in [1.54, 1.807) is 18.5 Å². The van der Waals surface area contributed by atoms with Crippen molar-refractivity contribution >= 4 is 45.1 Å². The maximum absolute atomic E-state index is 17.0. The fraction of sp³-hybridized carbons (Fsp3) is 0.531. The molecule has 9 rings (SSSR count). The highest BCUT2D eigenvalue weighted by Crippen LogP contribution is 2.42. The lowest BCUT2D eigenvalue weighted by atomic mass is 9.94. The van der Waals surface area contributed by atoms with Gasteiger partial charge >= 0.3 is 6.01 Å². The summed E-state index contributed by atoms with van der Waals surface area (Å²) in [6, 6.07) is 1.39. The zero-order valence-electron chi connectivity index (χ0n) is 25.2. The number of hydrogen-bond acceptors (Lipinski definition) is 9. The number of ether oxygens (including phenoxy) is 1. The summed E-state index contributed by atoms with van der Waals surface area (Å²) in [5, 5.41) is 22.5. The number of aliphatic hydroxyl groups excluding tert-OH is 1. The van der Waals surface area contributed by atoms with Crippen LogP contribution in [-0.4, -0.2) is 97.7 Å². The monoisotopic (exact) mass is 652 g/mol. The molecule has 3 aromatic heterocycles. The van der Waals surface area contributed by atoms with Crippen LogP contribution in [0.25, 0.3) is 33.1 Å². The summed E-state index contributed by atoms with van der Waals surface area (Å²) in [5.74, 6) is -0.408. The van der Waals surface area contributed by atoms with Crippen LogP contribution in [0.2, 0.25) is 5.02 Å². The molecule has 3 fully saturated rings. The van der Waals surface area contributed by atoms with Crippen LogP contribution in [0, 0.1) is 5.82 Å². The number of aromatic nitrogens is 5. The molecular formula is C32H35ClF2N8O3. The Morgan fingerprint density at radius 1 is 1.13 bits per heavy atom. The number of pyridine rings is 1. The van der Waals surface area contributed by atoms with Gasteiger partial charge in [-0.3, -0.25) is 19.8 Å². The van der Waals surface area contributed by atoms with E-state index >= 15 is 4.39 Å². The van der Waals surface area contributed by atoms with Gasteiger partial charge in [0, 0.05) is 60.7 Å². The number of nitrogens with zero attached hydrogens (tertiary/aromatic N) is 6. The minimum absolute atomic E-state index is 0.0101.